The smallest absolute Gasteiger partial charge is 0.275 e. The molecule has 494 valence electrons. The summed E-state index contributed by atoms with van der Waals surface area (Å²) in [7, 11) is -7.91. The molecule has 90 heavy (non-hydrogen) atoms. The quantitative estimate of drug-likeness (QED) is 0.0101. The molecule has 0 radical (unpaired) electrons. The average Bonchev–Trinajstić information content (AvgIpc) is 1.12. The van der Waals surface area contributed by atoms with Gasteiger partial charge in [-0.1, -0.05) is 12.8 Å². The first-order chi connectivity index (χ1) is 42.9. The van der Waals surface area contributed by atoms with Gasteiger partial charge in [-0.3, -0.25) is 19.2 Å². The Labute approximate surface area is 519 Å². The lowest BCUT2D eigenvalue weighted by Crippen LogP contribution is -2.28. The van der Waals surface area contributed by atoms with Crippen molar-refractivity contribution in [3.63, 3.8) is 0 Å². The number of hydrogen-bond acceptors (Lipinski definition) is 16. The number of ether oxygens (including phenoxy) is 8. The molecule has 0 heterocycles. The fourth-order valence-corrected chi connectivity index (χ4v) is 9.56. The molecular weight excluding hydrogens is 1230 g/mol. The maximum atomic E-state index is 14.8. The third-order valence-electron chi connectivity index (χ3n) is 11.9. The van der Waals surface area contributed by atoms with Crippen molar-refractivity contribution < 1.29 is 91.5 Å². The van der Waals surface area contributed by atoms with E-state index >= 15 is 0 Å². The van der Waals surface area contributed by atoms with Gasteiger partial charge in [0.15, 0.2) is 46.7 Å². The zero-order valence-corrected chi connectivity index (χ0v) is 51.3. The number of unbranched alkanes of at least 4 members (excludes halogenated alkanes) is 3. The normalized spacial score (nSPS) is 11.9. The molecule has 0 saturated heterocycles. The molecule has 0 unspecified atom stereocenters. The number of hydrogen-bond donors (Lipinski definition) is 8. The van der Waals surface area contributed by atoms with Crippen LogP contribution in [0.2, 0.25) is 0 Å². The summed E-state index contributed by atoms with van der Waals surface area (Å²) in [4.78, 5) is 54.6. The molecular formula is C58H76F4N10O16S2. The highest BCUT2D eigenvalue weighted by atomic mass is 32.2. The first kappa shape index (κ1) is 74.5. The van der Waals surface area contributed by atoms with Crippen LogP contribution in [0.25, 0.3) is 12.2 Å². The van der Waals surface area contributed by atoms with Crippen LogP contribution in [0.4, 0.5) is 17.6 Å². The summed E-state index contributed by atoms with van der Waals surface area (Å²) in [6.45, 7) is 5.95. The molecule has 12 N–H and O–H groups in total. The highest BCUT2D eigenvalue weighted by Crippen LogP contribution is 2.32. The van der Waals surface area contributed by atoms with E-state index in [2.05, 4.69) is 30.1 Å². The van der Waals surface area contributed by atoms with E-state index in [1.165, 1.54) is 74.5 Å². The number of guanidine groups is 2. The Morgan fingerprint density at radius 1 is 0.444 bits per heavy atom. The van der Waals surface area contributed by atoms with E-state index in [4.69, 9.17) is 60.8 Å². The van der Waals surface area contributed by atoms with Gasteiger partial charge in [-0.2, -0.15) is 9.98 Å². The van der Waals surface area contributed by atoms with Gasteiger partial charge in [0.1, 0.15) is 11.5 Å². The lowest BCUT2D eigenvalue weighted by Gasteiger charge is -2.11. The van der Waals surface area contributed by atoms with Crippen molar-refractivity contribution in [2.24, 2.45) is 32.9 Å². The summed E-state index contributed by atoms with van der Waals surface area (Å²) in [5, 5.41) is 5.59. The highest BCUT2D eigenvalue weighted by Gasteiger charge is 2.20. The Bertz CT molecular complexity index is 3070. The van der Waals surface area contributed by atoms with Crippen LogP contribution in [0.15, 0.2) is 104 Å². The lowest BCUT2D eigenvalue weighted by atomic mass is 10.1. The Morgan fingerprint density at radius 3 is 1.03 bits per heavy atom. The summed E-state index contributed by atoms with van der Waals surface area (Å²) < 4.78 is 158. The zero-order chi connectivity index (χ0) is 65.9. The summed E-state index contributed by atoms with van der Waals surface area (Å²) in [6, 6.07) is 13.5. The molecule has 26 nitrogen and oxygen atoms in total. The molecule has 32 heteroatoms. The molecule has 0 spiro atoms. The van der Waals surface area contributed by atoms with Crippen LogP contribution in [0.1, 0.15) is 63.5 Å². The predicted molar refractivity (Wildman–Crippen MR) is 324 cm³/mol. The minimum atomic E-state index is -3.95. The minimum absolute atomic E-state index is 0.00995. The number of carbonyl (C=O) groups is 4. The van der Waals surface area contributed by atoms with Gasteiger partial charge in [0.2, 0.25) is 31.9 Å². The molecule has 4 aromatic carbocycles. The highest BCUT2D eigenvalue weighted by molar-refractivity contribution is 7.89. The van der Waals surface area contributed by atoms with E-state index < -0.39 is 78.5 Å². The minimum Gasteiger partial charge on any atom is -0.451 e. The molecule has 0 bridgehead atoms. The van der Waals surface area contributed by atoms with Crippen molar-refractivity contribution in [3.05, 3.63) is 118 Å². The van der Waals surface area contributed by atoms with Crippen LogP contribution in [-0.4, -0.2) is 158 Å². The van der Waals surface area contributed by atoms with Crippen LogP contribution in [-0.2, 0) is 67.6 Å². The second kappa shape index (κ2) is 40.0. The topological polar surface area (TPSA) is 387 Å². The van der Waals surface area contributed by atoms with Crippen molar-refractivity contribution in [2.45, 2.75) is 62.2 Å². The number of rotatable bonds is 43. The van der Waals surface area contributed by atoms with E-state index in [1.54, 1.807) is 0 Å². The molecule has 0 fully saturated rings. The maximum Gasteiger partial charge on any atom is 0.275 e. The average molecular weight is 1310 g/mol. The van der Waals surface area contributed by atoms with Gasteiger partial charge >= 0.3 is 0 Å². The van der Waals surface area contributed by atoms with E-state index in [1.807, 2.05) is 0 Å². The van der Waals surface area contributed by atoms with Crippen molar-refractivity contribution in [1.29, 1.82) is 0 Å². The maximum absolute atomic E-state index is 14.8. The summed E-state index contributed by atoms with van der Waals surface area (Å²) >= 11 is 0. The summed E-state index contributed by atoms with van der Waals surface area (Å²) in [5.74, 6) is -8.56. The van der Waals surface area contributed by atoms with Gasteiger partial charge in [0.05, 0.1) is 89.1 Å². The Hall–Kier alpha value is -7.92. The van der Waals surface area contributed by atoms with E-state index in [-0.39, 0.29) is 135 Å². The van der Waals surface area contributed by atoms with Crippen molar-refractivity contribution >= 4 is 67.7 Å². The van der Waals surface area contributed by atoms with E-state index in [0.717, 1.165) is 37.1 Å². The van der Waals surface area contributed by atoms with Gasteiger partial charge < -0.3 is 71.5 Å². The van der Waals surface area contributed by atoms with Gasteiger partial charge in [0.25, 0.3) is 11.8 Å². The van der Waals surface area contributed by atoms with Crippen LogP contribution in [0.5, 0.6) is 23.0 Å². The number of amides is 4. The Balaban J connectivity index is 0.892. The third kappa shape index (κ3) is 29.1. The molecule has 0 saturated carbocycles. The SMILES string of the molecule is C/C(=C\c1cc(F)c(Oc2ccc(S(=O)(=O)NCCOCCOCCOCCNC(=O)CCCCCCC(=O)NCCOCCOCCOCCNS(=O)(=O)c3ccc(Oc4c(F)cc(/C=C(\C)C(=O)N=C(N)N)cc4F)cc3)cc2)c(F)c1)C(=O)N=C(N)N. The molecule has 0 aromatic heterocycles. The van der Waals surface area contributed by atoms with Gasteiger partial charge in [0, 0.05) is 50.2 Å². The van der Waals surface area contributed by atoms with Gasteiger partial charge in [-0.25, -0.2) is 43.8 Å². The first-order valence-electron chi connectivity index (χ1n) is 28.1. The molecule has 4 rings (SSSR count). The van der Waals surface area contributed by atoms with Gasteiger partial charge in [-0.05, 0) is 123 Å². The predicted octanol–water partition coefficient (Wildman–Crippen LogP) is 4.16. The number of aliphatic imine (C=N–C) groups is 2. The molecule has 0 aliphatic carbocycles. The van der Waals surface area contributed by atoms with Crippen molar-refractivity contribution in [3.8, 4) is 23.0 Å². The number of carbonyl (C=O) groups excluding carboxylic acids is 4. The first-order valence-corrected chi connectivity index (χ1v) is 31.1. The van der Waals surface area contributed by atoms with Crippen LogP contribution in [0, 0.1) is 23.3 Å². The lowest BCUT2D eigenvalue weighted by molar-refractivity contribution is -0.122. The third-order valence-corrected chi connectivity index (χ3v) is 14.9. The van der Waals surface area contributed by atoms with Crippen LogP contribution < -0.4 is 52.5 Å². The van der Waals surface area contributed by atoms with Gasteiger partial charge in [-0.15, -0.1) is 0 Å². The molecule has 4 amide bonds. The second-order valence-electron chi connectivity index (χ2n) is 19.2. The standard InChI is InChI=1S/C58H76F4N10O16S2/c1-39(55(75)71-57(63)64)33-41-35-47(59)53(48(60)36-41)87-43-9-13-45(14-10-43)89(77,78)69-19-23-83-27-31-85-29-25-81-21-17-67-51(73)7-5-3-4-6-8-52(74)68-18-22-82-26-30-86-32-28-84-24-20-70-90(79,80)46-15-11-44(12-16-46)88-54-49(61)37-42(38-50(54)62)34-40(2)56(76)72-58(65)66/h9-16,33-38,69-70H,3-8,17-32H2,1-2H3,(H,67,73)(H,68,74)(H4,63,64,71,75)(H4,65,66,72,76)/b39-33+,40-34+. The number of benzene rings is 4. The monoisotopic (exact) mass is 1310 g/mol. The van der Waals surface area contributed by atoms with Crippen LogP contribution in [0.3, 0.4) is 0 Å². The molecule has 0 aliphatic rings. The largest absolute Gasteiger partial charge is 0.451 e. The fourth-order valence-electron chi connectivity index (χ4n) is 7.54. The summed E-state index contributed by atoms with van der Waals surface area (Å²) in [5.41, 5.74) is 20.8. The number of halogens is 4. The molecule has 0 aliphatic heterocycles. The van der Waals surface area contributed by atoms with Crippen LogP contribution >= 0.6 is 0 Å². The van der Waals surface area contributed by atoms with Crippen molar-refractivity contribution in [1.82, 2.24) is 20.1 Å². The number of nitrogens with two attached hydrogens (primary N) is 4. The number of sulfonamides is 2. The molecule has 4 aromatic rings. The van der Waals surface area contributed by atoms with E-state index in [0.29, 0.717) is 52.0 Å². The zero-order valence-electron chi connectivity index (χ0n) is 49.7. The Kier molecular flexibility index (Phi) is 33.1. The number of nitrogens with zero attached hydrogens (tertiary/aromatic N) is 2. The summed E-state index contributed by atoms with van der Waals surface area (Å²) in [6.07, 6.45) is 6.01. The second-order valence-corrected chi connectivity index (χ2v) is 22.7. The van der Waals surface area contributed by atoms with Crippen molar-refractivity contribution in [2.75, 3.05) is 105 Å². The molecule has 0 atom stereocenters. The van der Waals surface area contributed by atoms with E-state index in [9.17, 15) is 53.6 Å². The number of nitrogens with one attached hydrogen (secondary N) is 4. The Morgan fingerprint density at radius 2 is 0.733 bits per heavy atom. The fraction of sp³-hybridized carbons (Fsp3) is 0.414.